The van der Waals surface area contributed by atoms with E-state index in [1.54, 1.807) is 0 Å². The quantitative estimate of drug-likeness (QED) is 0.719. The molecule has 0 bridgehead atoms. The summed E-state index contributed by atoms with van der Waals surface area (Å²) < 4.78 is 0. The van der Waals surface area contributed by atoms with Gasteiger partial charge >= 0.3 is 6.03 Å². The molecule has 0 aromatic heterocycles. The van der Waals surface area contributed by atoms with Crippen molar-refractivity contribution in [3.8, 4) is 0 Å². The minimum Gasteiger partial charge on any atom is -0.335 e. The van der Waals surface area contributed by atoms with Crippen molar-refractivity contribution in [3.63, 3.8) is 0 Å². The summed E-state index contributed by atoms with van der Waals surface area (Å²) in [5.74, 6) is 0. The topological polar surface area (TPSA) is 41.1 Å². The van der Waals surface area contributed by atoms with Gasteiger partial charge in [-0.05, 0) is 33.6 Å². The summed E-state index contributed by atoms with van der Waals surface area (Å²) >= 11 is 0. The summed E-state index contributed by atoms with van der Waals surface area (Å²) in [7, 11) is 0. The maximum atomic E-state index is 11.5. The maximum Gasteiger partial charge on any atom is 0.315 e. The van der Waals surface area contributed by atoms with Crippen LogP contribution in [0.15, 0.2) is 0 Å². The molecule has 1 atom stereocenters. The Hall–Kier alpha value is -0.730. The second kappa shape index (κ2) is 5.89. The Labute approximate surface area is 87.6 Å². The summed E-state index contributed by atoms with van der Waals surface area (Å²) in [5.41, 5.74) is -0.158. The highest BCUT2D eigenvalue weighted by molar-refractivity contribution is 5.74. The molecule has 0 saturated heterocycles. The van der Waals surface area contributed by atoms with Gasteiger partial charge in [-0.2, -0.15) is 0 Å². The van der Waals surface area contributed by atoms with Crippen molar-refractivity contribution < 1.29 is 4.79 Å². The Kier molecular flexibility index (Phi) is 5.58. The fourth-order valence-corrected chi connectivity index (χ4v) is 1.29. The fourth-order valence-electron chi connectivity index (χ4n) is 1.29. The lowest BCUT2D eigenvalue weighted by Crippen LogP contribution is -2.49. The lowest BCUT2D eigenvalue weighted by Gasteiger charge is -2.23. The van der Waals surface area contributed by atoms with Gasteiger partial charge in [0.2, 0.25) is 0 Å². The molecule has 0 heterocycles. The van der Waals surface area contributed by atoms with Crippen molar-refractivity contribution in [2.45, 2.75) is 65.5 Å². The first-order chi connectivity index (χ1) is 6.39. The zero-order valence-electron chi connectivity index (χ0n) is 10.1. The highest BCUT2D eigenvalue weighted by atomic mass is 16.2. The zero-order chi connectivity index (χ0) is 11.2. The van der Waals surface area contributed by atoms with E-state index in [1.165, 1.54) is 0 Å². The summed E-state index contributed by atoms with van der Waals surface area (Å²) in [4.78, 5) is 11.5. The molecule has 0 aromatic carbocycles. The lowest BCUT2D eigenvalue weighted by molar-refractivity contribution is 0.227. The minimum atomic E-state index is -0.158. The average molecular weight is 200 g/mol. The normalized spacial score (nSPS) is 13.5. The Morgan fingerprint density at radius 2 is 1.86 bits per heavy atom. The van der Waals surface area contributed by atoms with Gasteiger partial charge in [-0.25, -0.2) is 4.79 Å². The van der Waals surface area contributed by atoms with Crippen molar-refractivity contribution in [1.82, 2.24) is 10.6 Å². The van der Waals surface area contributed by atoms with Crippen molar-refractivity contribution in [3.05, 3.63) is 0 Å². The van der Waals surface area contributed by atoms with Crippen molar-refractivity contribution in [1.29, 1.82) is 0 Å². The zero-order valence-corrected chi connectivity index (χ0v) is 10.1. The average Bonchev–Trinajstić information content (AvgIpc) is 2.00. The molecule has 3 heteroatoms. The van der Waals surface area contributed by atoms with Gasteiger partial charge in [-0.1, -0.05) is 20.3 Å². The van der Waals surface area contributed by atoms with Gasteiger partial charge in [-0.15, -0.1) is 0 Å². The molecular weight excluding hydrogens is 176 g/mol. The van der Waals surface area contributed by atoms with Crippen LogP contribution in [0.25, 0.3) is 0 Å². The molecule has 14 heavy (non-hydrogen) atoms. The lowest BCUT2D eigenvalue weighted by atomic mass is 10.1. The first-order valence-electron chi connectivity index (χ1n) is 5.47. The number of carbonyl (C=O) groups excluding carboxylic acids is 1. The van der Waals surface area contributed by atoms with Crippen LogP contribution >= 0.6 is 0 Å². The molecule has 0 radical (unpaired) electrons. The van der Waals surface area contributed by atoms with Crippen LogP contribution in [0.5, 0.6) is 0 Å². The summed E-state index contributed by atoms with van der Waals surface area (Å²) in [6.45, 7) is 10.2. The third-order valence-corrected chi connectivity index (χ3v) is 1.95. The van der Waals surface area contributed by atoms with Gasteiger partial charge in [0.05, 0.1) is 0 Å². The molecule has 0 aromatic rings. The van der Waals surface area contributed by atoms with Crippen LogP contribution in [0.2, 0.25) is 0 Å². The minimum absolute atomic E-state index is 0.0576. The third kappa shape index (κ3) is 6.75. The SMILES string of the molecule is CCCC(CC)NC(=O)NC(C)(C)C. The molecule has 0 fully saturated rings. The van der Waals surface area contributed by atoms with Crippen molar-refractivity contribution >= 4 is 6.03 Å². The largest absolute Gasteiger partial charge is 0.335 e. The Morgan fingerprint density at radius 3 is 2.21 bits per heavy atom. The molecule has 2 amide bonds. The van der Waals surface area contributed by atoms with Gasteiger partial charge < -0.3 is 10.6 Å². The first kappa shape index (κ1) is 13.3. The highest BCUT2D eigenvalue weighted by Crippen LogP contribution is 2.02. The van der Waals surface area contributed by atoms with Gasteiger partial charge in [0.15, 0.2) is 0 Å². The predicted octanol–water partition coefficient (Wildman–Crippen LogP) is 2.66. The Morgan fingerprint density at radius 1 is 1.29 bits per heavy atom. The smallest absolute Gasteiger partial charge is 0.315 e. The summed E-state index contributed by atoms with van der Waals surface area (Å²) in [6.07, 6.45) is 3.15. The van der Waals surface area contributed by atoms with E-state index in [9.17, 15) is 4.79 Å². The molecule has 1 unspecified atom stereocenters. The molecule has 0 spiro atoms. The fraction of sp³-hybridized carbons (Fsp3) is 0.909. The molecule has 0 aliphatic heterocycles. The van der Waals surface area contributed by atoms with E-state index in [1.807, 2.05) is 20.8 Å². The van der Waals surface area contributed by atoms with E-state index in [0.717, 1.165) is 19.3 Å². The van der Waals surface area contributed by atoms with Crippen molar-refractivity contribution in [2.75, 3.05) is 0 Å². The molecule has 84 valence electrons. The number of nitrogens with one attached hydrogen (secondary N) is 2. The molecule has 0 aliphatic carbocycles. The molecule has 2 N–H and O–H groups in total. The van der Waals surface area contributed by atoms with E-state index >= 15 is 0 Å². The number of hydrogen-bond acceptors (Lipinski definition) is 1. The predicted molar refractivity (Wildman–Crippen MR) is 60.4 cm³/mol. The Bertz CT molecular complexity index is 173. The summed E-state index contributed by atoms with van der Waals surface area (Å²) in [6, 6.07) is 0.250. The van der Waals surface area contributed by atoms with E-state index < -0.39 is 0 Å². The molecule has 0 rings (SSSR count). The van der Waals surface area contributed by atoms with Gasteiger partial charge in [-0.3, -0.25) is 0 Å². The van der Waals surface area contributed by atoms with Gasteiger partial charge in [0.1, 0.15) is 0 Å². The monoisotopic (exact) mass is 200 g/mol. The molecule has 0 saturated carbocycles. The van der Waals surface area contributed by atoms with Gasteiger partial charge in [0, 0.05) is 11.6 Å². The van der Waals surface area contributed by atoms with Crippen LogP contribution in [-0.4, -0.2) is 17.6 Å². The number of rotatable bonds is 4. The highest BCUT2D eigenvalue weighted by Gasteiger charge is 2.15. The van der Waals surface area contributed by atoms with Crippen LogP contribution in [0.4, 0.5) is 4.79 Å². The third-order valence-electron chi connectivity index (χ3n) is 1.95. The summed E-state index contributed by atoms with van der Waals surface area (Å²) in [5, 5.41) is 5.87. The van der Waals surface area contributed by atoms with Crippen LogP contribution < -0.4 is 10.6 Å². The van der Waals surface area contributed by atoms with Crippen LogP contribution in [-0.2, 0) is 0 Å². The maximum absolute atomic E-state index is 11.5. The molecule has 0 aliphatic rings. The van der Waals surface area contributed by atoms with E-state index in [0.29, 0.717) is 6.04 Å². The molecule has 3 nitrogen and oxygen atoms in total. The van der Waals surface area contributed by atoms with Gasteiger partial charge in [0.25, 0.3) is 0 Å². The number of hydrogen-bond donors (Lipinski definition) is 2. The van der Waals surface area contributed by atoms with Crippen LogP contribution in [0, 0.1) is 0 Å². The second-order valence-electron chi connectivity index (χ2n) is 4.74. The standard InChI is InChI=1S/C11H24N2O/c1-6-8-9(7-2)12-10(14)13-11(3,4)5/h9H,6-8H2,1-5H3,(H2,12,13,14). The number of amides is 2. The molecular formula is C11H24N2O. The van der Waals surface area contributed by atoms with Crippen molar-refractivity contribution in [2.24, 2.45) is 0 Å². The van der Waals surface area contributed by atoms with E-state index in [4.69, 9.17) is 0 Å². The second-order valence-corrected chi connectivity index (χ2v) is 4.74. The van der Waals surface area contributed by atoms with Crippen LogP contribution in [0.1, 0.15) is 53.9 Å². The first-order valence-corrected chi connectivity index (χ1v) is 5.47. The Balaban J connectivity index is 3.91. The van der Waals surface area contributed by atoms with Crippen LogP contribution in [0.3, 0.4) is 0 Å². The van der Waals surface area contributed by atoms with E-state index in [-0.39, 0.29) is 11.6 Å². The van der Waals surface area contributed by atoms with E-state index in [2.05, 4.69) is 24.5 Å². The number of urea groups is 1. The number of carbonyl (C=O) groups is 1.